The Morgan fingerprint density at radius 3 is 2.86 bits per heavy atom. The normalized spacial score (nSPS) is 9.21. The van der Waals surface area contributed by atoms with Crippen LogP contribution >= 0.6 is 0 Å². The molecule has 0 aliphatic heterocycles. The molecule has 0 radical (unpaired) electrons. The molecule has 1 aromatic carbocycles. The quantitative estimate of drug-likeness (QED) is 0.691. The zero-order valence-electron chi connectivity index (χ0n) is 7.79. The van der Waals surface area contributed by atoms with Gasteiger partial charge < -0.3 is 9.47 Å². The van der Waals surface area contributed by atoms with Crippen molar-refractivity contribution in [1.29, 1.82) is 5.26 Å². The van der Waals surface area contributed by atoms with E-state index in [0.717, 1.165) is 0 Å². The largest absolute Gasteiger partial charge is 0.494 e. The summed E-state index contributed by atoms with van der Waals surface area (Å²) in [6.07, 6.45) is 0.285. The molecule has 3 nitrogen and oxygen atoms in total. The van der Waals surface area contributed by atoms with Crippen molar-refractivity contribution in [2.24, 2.45) is 0 Å². The summed E-state index contributed by atoms with van der Waals surface area (Å²) < 4.78 is 22.9. The van der Waals surface area contributed by atoms with E-state index in [9.17, 15) is 4.39 Å². The van der Waals surface area contributed by atoms with Crippen LogP contribution in [-0.2, 0) is 0 Å². The molecule has 74 valence electrons. The number of ether oxygens (including phenoxy) is 2. The van der Waals surface area contributed by atoms with E-state index in [0.29, 0.717) is 5.75 Å². The number of halogens is 1. The van der Waals surface area contributed by atoms with Gasteiger partial charge in [-0.15, -0.1) is 0 Å². The van der Waals surface area contributed by atoms with Crippen molar-refractivity contribution in [1.82, 2.24) is 0 Å². The summed E-state index contributed by atoms with van der Waals surface area (Å²) >= 11 is 0. The van der Waals surface area contributed by atoms with E-state index in [1.807, 2.05) is 6.07 Å². The van der Waals surface area contributed by atoms with E-state index in [2.05, 4.69) is 0 Å². The molecule has 0 bridgehead atoms. The molecule has 0 saturated carbocycles. The molecule has 0 unspecified atom stereocenters. The van der Waals surface area contributed by atoms with Gasteiger partial charge in [0.1, 0.15) is 12.4 Å². The van der Waals surface area contributed by atoms with Crippen LogP contribution in [0.1, 0.15) is 6.42 Å². The van der Waals surface area contributed by atoms with Crippen molar-refractivity contribution in [3.05, 3.63) is 24.0 Å². The highest BCUT2D eigenvalue weighted by atomic mass is 19.1. The molecule has 0 heterocycles. The van der Waals surface area contributed by atoms with E-state index in [4.69, 9.17) is 14.7 Å². The van der Waals surface area contributed by atoms with Crippen LogP contribution in [0.3, 0.4) is 0 Å². The first-order valence-corrected chi connectivity index (χ1v) is 4.11. The van der Waals surface area contributed by atoms with Crippen molar-refractivity contribution in [2.45, 2.75) is 6.42 Å². The number of rotatable bonds is 4. The van der Waals surface area contributed by atoms with Crippen LogP contribution < -0.4 is 9.47 Å². The van der Waals surface area contributed by atoms with Crippen LogP contribution in [0.15, 0.2) is 18.2 Å². The van der Waals surface area contributed by atoms with Crippen LogP contribution in [0.4, 0.5) is 4.39 Å². The van der Waals surface area contributed by atoms with Crippen LogP contribution in [0.5, 0.6) is 11.5 Å². The lowest BCUT2D eigenvalue weighted by atomic mass is 10.3. The average molecular weight is 195 g/mol. The number of hydrogen-bond donors (Lipinski definition) is 0. The number of nitrogens with zero attached hydrogens (tertiary/aromatic N) is 1. The van der Waals surface area contributed by atoms with Crippen molar-refractivity contribution in [3.8, 4) is 17.6 Å². The SMILES string of the molecule is COc1ccc(OCCC#N)cc1F. The molecule has 0 spiro atoms. The maximum absolute atomic E-state index is 13.1. The molecule has 0 aliphatic carbocycles. The minimum absolute atomic E-state index is 0.178. The van der Waals surface area contributed by atoms with Gasteiger partial charge in [-0.3, -0.25) is 0 Å². The van der Waals surface area contributed by atoms with E-state index >= 15 is 0 Å². The molecular formula is C10H10FNO2. The van der Waals surface area contributed by atoms with Crippen molar-refractivity contribution >= 4 is 0 Å². The van der Waals surface area contributed by atoms with E-state index in [1.165, 1.54) is 19.2 Å². The van der Waals surface area contributed by atoms with Gasteiger partial charge in [-0.1, -0.05) is 0 Å². The molecule has 0 atom stereocenters. The summed E-state index contributed by atoms with van der Waals surface area (Å²) in [5.41, 5.74) is 0. The number of nitriles is 1. The second-order valence-corrected chi connectivity index (χ2v) is 2.55. The zero-order chi connectivity index (χ0) is 10.4. The van der Waals surface area contributed by atoms with E-state index < -0.39 is 5.82 Å². The van der Waals surface area contributed by atoms with Crippen molar-refractivity contribution in [2.75, 3.05) is 13.7 Å². The standard InChI is InChI=1S/C10H10FNO2/c1-13-10-4-3-8(7-9(10)11)14-6-2-5-12/h3-4,7H,2,6H2,1H3. The monoisotopic (exact) mass is 195 g/mol. The van der Waals surface area contributed by atoms with Gasteiger partial charge in [-0.05, 0) is 12.1 Å². The van der Waals surface area contributed by atoms with Gasteiger partial charge >= 0.3 is 0 Å². The Balaban J connectivity index is 2.63. The topological polar surface area (TPSA) is 42.2 Å². The van der Waals surface area contributed by atoms with Gasteiger partial charge in [0.05, 0.1) is 19.6 Å². The molecule has 0 N–H and O–H groups in total. The molecule has 14 heavy (non-hydrogen) atoms. The Morgan fingerprint density at radius 2 is 2.29 bits per heavy atom. The lowest BCUT2D eigenvalue weighted by Crippen LogP contribution is -1.96. The smallest absolute Gasteiger partial charge is 0.168 e. The third-order valence-electron chi connectivity index (χ3n) is 1.61. The number of hydrogen-bond acceptors (Lipinski definition) is 3. The number of benzene rings is 1. The van der Waals surface area contributed by atoms with Gasteiger partial charge in [-0.25, -0.2) is 4.39 Å². The zero-order valence-corrected chi connectivity index (χ0v) is 7.79. The van der Waals surface area contributed by atoms with E-state index in [1.54, 1.807) is 6.07 Å². The Kier molecular flexibility index (Phi) is 3.74. The molecule has 0 aromatic heterocycles. The fourth-order valence-corrected chi connectivity index (χ4v) is 0.951. The summed E-state index contributed by atoms with van der Waals surface area (Å²) in [5, 5.41) is 8.26. The minimum atomic E-state index is -0.470. The molecule has 0 fully saturated rings. The van der Waals surface area contributed by atoms with Crippen LogP contribution in [-0.4, -0.2) is 13.7 Å². The van der Waals surface area contributed by atoms with Crippen LogP contribution in [0.2, 0.25) is 0 Å². The molecule has 0 amide bonds. The predicted molar refractivity (Wildman–Crippen MR) is 48.7 cm³/mol. The highest BCUT2D eigenvalue weighted by molar-refractivity contribution is 5.32. The molecule has 0 aliphatic rings. The maximum Gasteiger partial charge on any atom is 0.168 e. The summed E-state index contributed by atoms with van der Waals surface area (Å²) in [6.45, 7) is 0.266. The Morgan fingerprint density at radius 1 is 1.50 bits per heavy atom. The third-order valence-corrected chi connectivity index (χ3v) is 1.61. The van der Waals surface area contributed by atoms with Gasteiger partial charge in [0, 0.05) is 6.07 Å². The van der Waals surface area contributed by atoms with Crippen LogP contribution in [0, 0.1) is 17.1 Å². The second kappa shape index (κ2) is 5.07. The first-order chi connectivity index (χ1) is 6.77. The van der Waals surface area contributed by atoms with Crippen molar-refractivity contribution < 1.29 is 13.9 Å². The van der Waals surface area contributed by atoms with Gasteiger partial charge in [-0.2, -0.15) is 5.26 Å². The third kappa shape index (κ3) is 2.63. The highest BCUT2D eigenvalue weighted by Gasteiger charge is 2.03. The van der Waals surface area contributed by atoms with Gasteiger partial charge in [0.2, 0.25) is 0 Å². The summed E-state index contributed by atoms with van der Waals surface area (Å²) in [4.78, 5) is 0. The minimum Gasteiger partial charge on any atom is -0.494 e. The highest BCUT2D eigenvalue weighted by Crippen LogP contribution is 2.22. The van der Waals surface area contributed by atoms with Gasteiger partial charge in [0.15, 0.2) is 11.6 Å². The fraction of sp³-hybridized carbons (Fsp3) is 0.300. The summed E-state index contributed by atoms with van der Waals surface area (Å²) in [7, 11) is 1.40. The lowest BCUT2D eigenvalue weighted by molar-refractivity contribution is 0.321. The molecular weight excluding hydrogens is 185 g/mol. The number of methoxy groups -OCH3 is 1. The summed E-state index contributed by atoms with van der Waals surface area (Å²) in [6, 6.07) is 6.24. The average Bonchev–Trinajstić information content (AvgIpc) is 2.18. The van der Waals surface area contributed by atoms with Gasteiger partial charge in [0.25, 0.3) is 0 Å². The maximum atomic E-state index is 13.1. The Bertz CT molecular complexity index is 346. The summed E-state index contributed by atoms with van der Waals surface area (Å²) in [5.74, 6) is 0.109. The lowest BCUT2D eigenvalue weighted by Gasteiger charge is -2.05. The first-order valence-electron chi connectivity index (χ1n) is 4.11. The van der Waals surface area contributed by atoms with Crippen LogP contribution in [0.25, 0.3) is 0 Å². The Labute approximate surface area is 81.7 Å². The van der Waals surface area contributed by atoms with Crippen molar-refractivity contribution in [3.63, 3.8) is 0 Å². The first kappa shape index (κ1) is 10.3. The molecule has 0 saturated heterocycles. The Hall–Kier alpha value is -1.76. The second-order valence-electron chi connectivity index (χ2n) is 2.55. The molecule has 1 aromatic rings. The molecule has 1 rings (SSSR count). The van der Waals surface area contributed by atoms with E-state index in [-0.39, 0.29) is 18.8 Å². The predicted octanol–water partition coefficient (Wildman–Crippen LogP) is 2.13. The molecule has 4 heteroatoms. The fourth-order valence-electron chi connectivity index (χ4n) is 0.951.